The molecule has 21 heavy (non-hydrogen) atoms. The topological polar surface area (TPSA) is 36.9 Å². The van der Waals surface area contributed by atoms with Crippen molar-refractivity contribution in [3.8, 4) is 0 Å². The number of hydrogen-bond acceptors (Lipinski definition) is 4. The van der Waals surface area contributed by atoms with Gasteiger partial charge in [0.2, 0.25) is 0 Å². The Balaban J connectivity index is 1.78. The second-order valence-electron chi connectivity index (χ2n) is 5.88. The molecule has 2 heterocycles. The number of nitrogens with zero attached hydrogens (tertiary/aromatic N) is 2. The molecule has 114 valence electrons. The molecule has 0 radical (unpaired) electrons. The number of aliphatic imine (C=N–C) groups is 1. The fraction of sp³-hybridized carbons (Fsp3) is 0.562. The first-order valence-corrected chi connectivity index (χ1v) is 7.53. The Kier molecular flexibility index (Phi) is 4.10. The smallest absolute Gasteiger partial charge is 0.193 e. The quantitative estimate of drug-likeness (QED) is 0.922. The van der Waals surface area contributed by atoms with Gasteiger partial charge >= 0.3 is 0 Å². The molecule has 1 saturated heterocycles. The first kappa shape index (κ1) is 14.3. The average Bonchev–Trinajstić information content (AvgIpc) is 2.92. The number of ether oxygens (including phenoxy) is 1. The van der Waals surface area contributed by atoms with E-state index in [0.29, 0.717) is 0 Å². The van der Waals surface area contributed by atoms with E-state index in [4.69, 9.17) is 4.74 Å². The highest BCUT2D eigenvalue weighted by atomic mass is 19.1. The zero-order chi connectivity index (χ0) is 14.7. The molecule has 0 aromatic heterocycles. The maximum absolute atomic E-state index is 13.2. The maximum atomic E-state index is 13.2. The molecule has 3 rings (SSSR count). The van der Waals surface area contributed by atoms with Gasteiger partial charge in [-0.15, -0.1) is 0 Å². The number of hydrogen-bond donors (Lipinski definition) is 1. The lowest BCUT2D eigenvalue weighted by molar-refractivity contribution is 0.0512. The summed E-state index contributed by atoms with van der Waals surface area (Å²) in [5, 5.41) is 3.48. The highest BCUT2D eigenvalue weighted by Gasteiger charge is 2.35. The van der Waals surface area contributed by atoms with E-state index in [1.54, 1.807) is 12.1 Å². The normalized spacial score (nSPS) is 21.2. The molecule has 0 unspecified atom stereocenters. The highest BCUT2D eigenvalue weighted by Crippen LogP contribution is 2.34. The minimum Gasteiger partial charge on any atom is -0.381 e. The first-order chi connectivity index (χ1) is 10.2. The van der Waals surface area contributed by atoms with E-state index < -0.39 is 0 Å². The van der Waals surface area contributed by atoms with Gasteiger partial charge in [0, 0.05) is 38.8 Å². The van der Waals surface area contributed by atoms with Gasteiger partial charge in [0.1, 0.15) is 5.82 Å². The van der Waals surface area contributed by atoms with E-state index in [1.807, 2.05) is 19.2 Å². The fourth-order valence-electron chi connectivity index (χ4n) is 3.10. The molecule has 2 aliphatic rings. The van der Waals surface area contributed by atoms with Crippen molar-refractivity contribution in [3.63, 3.8) is 0 Å². The summed E-state index contributed by atoms with van der Waals surface area (Å²) < 4.78 is 18.7. The Morgan fingerprint density at radius 3 is 2.62 bits per heavy atom. The molecule has 1 aromatic rings. The average molecular weight is 291 g/mol. The maximum Gasteiger partial charge on any atom is 0.193 e. The van der Waals surface area contributed by atoms with Crippen LogP contribution in [0.5, 0.6) is 0 Å². The van der Waals surface area contributed by atoms with Gasteiger partial charge in [-0.2, -0.15) is 0 Å². The summed E-state index contributed by atoms with van der Waals surface area (Å²) in [7, 11) is 2.05. The lowest BCUT2D eigenvalue weighted by atomic mass is 9.74. The van der Waals surface area contributed by atoms with E-state index in [2.05, 4.69) is 15.2 Å². The fourth-order valence-corrected chi connectivity index (χ4v) is 3.10. The van der Waals surface area contributed by atoms with E-state index in [0.717, 1.165) is 51.6 Å². The van der Waals surface area contributed by atoms with E-state index in [-0.39, 0.29) is 11.2 Å². The molecule has 0 bridgehead atoms. The van der Waals surface area contributed by atoms with Crippen LogP contribution in [-0.2, 0) is 10.2 Å². The number of nitrogens with one attached hydrogen (secondary N) is 1. The Bertz CT molecular complexity index is 509. The van der Waals surface area contributed by atoms with E-state index in [1.165, 1.54) is 5.56 Å². The van der Waals surface area contributed by atoms with E-state index in [9.17, 15) is 4.39 Å². The third kappa shape index (κ3) is 3.02. The van der Waals surface area contributed by atoms with Crippen LogP contribution in [0.15, 0.2) is 29.3 Å². The molecular formula is C16H22FN3O. The molecular weight excluding hydrogens is 269 g/mol. The molecule has 1 aromatic carbocycles. The molecule has 1 N–H and O–H groups in total. The summed E-state index contributed by atoms with van der Waals surface area (Å²) in [6.45, 7) is 4.13. The minimum atomic E-state index is -0.186. The van der Waals surface area contributed by atoms with Crippen LogP contribution in [0.3, 0.4) is 0 Å². The molecule has 4 nitrogen and oxygen atoms in total. The Labute approximate surface area is 125 Å². The first-order valence-electron chi connectivity index (χ1n) is 7.53. The van der Waals surface area contributed by atoms with Crippen molar-refractivity contribution in [1.82, 2.24) is 10.2 Å². The van der Waals surface area contributed by atoms with Crippen LogP contribution in [0.25, 0.3) is 0 Å². The van der Waals surface area contributed by atoms with Gasteiger partial charge in [-0.05, 0) is 30.5 Å². The number of halogens is 1. The van der Waals surface area contributed by atoms with Gasteiger partial charge in [0.15, 0.2) is 5.96 Å². The molecule has 0 aliphatic carbocycles. The second kappa shape index (κ2) is 6.02. The summed E-state index contributed by atoms with van der Waals surface area (Å²) in [4.78, 5) is 6.62. The Morgan fingerprint density at radius 2 is 2.00 bits per heavy atom. The van der Waals surface area contributed by atoms with Crippen LogP contribution >= 0.6 is 0 Å². The standard InChI is InChI=1S/C16H22FN3O/c1-20-9-8-18-15(20)19-12-16(6-10-21-11-7-16)13-2-4-14(17)5-3-13/h2-5H,6-12H2,1H3,(H,18,19). The predicted octanol–water partition coefficient (Wildman–Crippen LogP) is 1.76. The number of rotatable bonds is 3. The Morgan fingerprint density at radius 1 is 1.29 bits per heavy atom. The van der Waals surface area contributed by atoms with Gasteiger partial charge in [0.05, 0.1) is 6.54 Å². The van der Waals surface area contributed by atoms with Gasteiger partial charge in [-0.1, -0.05) is 12.1 Å². The Hall–Kier alpha value is -1.62. The van der Waals surface area contributed by atoms with Crippen LogP contribution in [0, 0.1) is 5.82 Å². The van der Waals surface area contributed by atoms with Crippen molar-refractivity contribution in [2.45, 2.75) is 18.3 Å². The van der Waals surface area contributed by atoms with Gasteiger partial charge in [0.25, 0.3) is 0 Å². The summed E-state index contributed by atoms with van der Waals surface area (Å²) >= 11 is 0. The van der Waals surface area contributed by atoms with Gasteiger partial charge < -0.3 is 15.0 Å². The van der Waals surface area contributed by atoms with Crippen LogP contribution in [0.2, 0.25) is 0 Å². The zero-order valence-corrected chi connectivity index (χ0v) is 12.4. The van der Waals surface area contributed by atoms with Gasteiger partial charge in [-0.25, -0.2) is 4.39 Å². The summed E-state index contributed by atoms with van der Waals surface area (Å²) in [6.07, 6.45) is 1.89. The third-order valence-corrected chi connectivity index (χ3v) is 4.55. The monoisotopic (exact) mass is 291 g/mol. The number of guanidine groups is 1. The highest BCUT2D eigenvalue weighted by molar-refractivity contribution is 5.81. The van der Waals surface area contributed by atoms with Crippen LogP contribution in [0.4, 0.5) is 4.39 Å². The van der Waals surface area contributed by atoms with Gasteiger partial charge in [-0.3, -0.25) is 4.99 Å². The molecule has 0 amide bonds. The summed E-state index contributed by atoms with van der Waals surface area (Å²) in [6, 6.07) is 6.91. The molecule has 0 atom stereocenters. The van der Waals surface area contributed by atoms with Crippen molar-refractivity contribution >= 4 is 5.96 Å². The zero-order valence-electron chi connectivity index (χ0n) is 12.4. The largest absolute Gasteiger partial charge is 0.381 e. The van der Waals surface area contributed by atoms with Crippen molar-refractivity contribution < 1.29 is 9.13 Å². The number of benzene rings is 1. The number of likely N-dealkylation sites (N-methyl/N-ethyl adjacent to an activating group) is 1. The van der Waals surface area contributed by atoms with Crippen LogP contribution < -0.4 is 5.32 Å². The molecule has 5 heteroatoms. The summed E-state index contributed by atoms with van der Waals surface area (Å²) in [5.74, 6) is 0.775. The lowest BCUT2D eigenvalue weighted by Crippen LogP contribution is -2.47. The minimum absolute atomic E-state index is 0.00208. The lowest BCUT2D eigenvalue weighted by Gasteiger charge is -2.38. The van der Waals surface area contributed by atoms with Crippen molar-refractivity contribution in [2.75, 3.05) is 39.9 Å². The molecule has 0 saturated carbocycles. The van der Waals surface area contributed by atoms with E-state index >= 15 is 0 Å². The molecule has 0 spiro atoms. The van der Waals surface area contributed by atoms with Crippen molar-refractivity contribution in [2.24, 2.45) is 4.99 Å². The van der Waals surface area contributed by atoms with Crippen LogP contribution in [0.1, 0.15) is 18.4 Å². The predicted molar refractivity (Wildman–Crippen MR) is 81.1 cm³/mol. The molecule has 2 aliphatic heterocycles. The molecule has 1 fully saturated rings. The van der Waals surface area contributed by atoms with Crippen molar-refractivity contribution in [1.29, 1.82) is 0 Å². The third-order valence-electron chi connectivity index (χ3n) is 4.55. The SMILES string of the molecule is CN1CCN=C1NCC1(c2ccc(F)cc2)CCOCC1. The summed E-state index contributed by atoms with van der Waals surface area (Å²) in [5.41, 5.74) is 1.18. The van der Waals surface area contributed by atoms with Crippen LogP contribution in [-0.4, -0.2) is 50.8 Å². The van der Waals surface area contributed by atoms with Crippen molar-refractivity contribution in [3.05, 3.63) is 35.6 Å². The second-order valence-corrected chi connectivity index (χ2v) is 5.88.